The molecule has 1 aliphatic heterocycles. The van der Waals surface area contributed by atoms with Gasteiger partial charge in [-0.15, -0.1) is 0 Å². The molecule has 0 bridgehead atoms. The first-order valence-electron chi connectivity index (χ1n) is 10.6. The van der Waals surface area contributed by atoms with E-state index in [9.17, 15) is 9.59 Å². The first-order chi connectivity index (χ1) is 14.3. The minimum absolute atomic E-state index is 0.0176. The molecule has 1 aliphatic carbocycles. The highest BCUT2D eigenvalue weighted by Gasteiger charge is 2.34. The lowest BCUT2D eigenvalue weighted by Crippen LogP contribution is -2.45. The van der Waals surface area contributed by atoms with E-state index in [1.807, 2.05) is 19.1 Å². The summed E-state index contributed by atoms with van der Waals surface area (Å²) < 4.78 is 0. The average Bonchev–Trinajstić information content (AvgIpc) is 2.68. The number of carboxylic acid groups (broad SMARTS) is 1. The molecule has 0 radical (unpaired) electrons. The van der Waals surface area contributed by atoms with Crippen molar-refractivity contribution in [3.05, 3.63) is 46.9 Å². The van der Waals surface area contributed by atoms with Gasteiger partial charge in [0.25, 0.3) is 5.91 Å². The summed E-state index contributed by atoms with van der Waals surface area (Å²) in [6, 6.07) is 8.19. The van der Waals surface area contributed by atoms with Crippen LogP contribution < -0.4 is 10.6 Å². The minimum atomic E-state index is -0.703. The molecule has 1 aromatic carbocycles. The molecule has 1 fully saturated rings. The number of amides is 1. The van der Waals surface area contributed by atoms with Gasteiger partial charge in [-0.05, 0) is 69.1 Å². The number of nitrogens with two attached hydrogens (primary N) is 1. The Balaban J connectivity index is 1.50. The average molecular weight is 409 g/mol. The van der Waals surface area contributed by atoms with Crippen molar-refractivity contribution < 1.29 is 14.7 Å². The summed E-state index contributed by atoms with van der Waals surface area (Å²) in [4.78, 5) is 34.5. The second kappa shape index (κ2) is 8.05. The van der Waals surface area contributed by atoms with Crippen molar-refractivity contribution in [1.29, 1.82) is 0 Å². The summed E-state index contributed by atoms with van der Waals surface area (Å²) in [6.07, 6.45) is 4.85. The van der Waals surface area contributed by atoms with Gasteiger partial charge in [0.1, 0.15) is 17.2 Å². The molecule has 0 saturated heterocycles. The summed E-state index contributed by atoms with van der Waals surface area (Å²) >= 11 is 0. The lowest BCUT2D eigenvalue weighted by Gasteiger charge is -2.35. The molecule has 0 spiro atoms. The summed E-state index contributed by atoms with van der Waals surface area (Å²) in [5.74, 6) is 0.720. The third-order valence-electron chi connectivity index (χ3n) is 6.44. The molecular weight excluding hydrogens is 380 g/mol. The molecule has 1 atom stereocenters. The number of carbonyl (C=O) groups excluding carboxylic acids is 1. The lowest BCUT2D eigenvalue weighted by atomic mass is 9.77. The van der Waals surface area contributed by atoms with Gasteiger partial charge < -0.3 is 15.7 Å². The van der Waals surface area contributed by atoms with E-state index in [0.29, 0.717) is 29.6 Å². The zero-order valence-electron chi connectivity index (χ0n) is 17.5. The quantitative estimate of drug-likeness (QED) is 0.798. The van der Waals surface area contributed by atoms with Crippen LogP contribution in [0.3, 0.4) is 0 Å². The van der Waals surface area contributed by atoms with E-state index >= 15 is 0 Å². The summed E-state index contributed by atoms with van der Waals surface area (Å²) in [5, 5.41) is 8.99. The number of hydrogen-bond donors (Lipinski definition) is 2. The molecule has 1 unspecified atom stereocenters. The Labute approximate surface area is 176 Å². The molecule has 158 valence electrons. The number of rotatable bonds is 4. The molecule has 3 N–H and O–H groups in total. The Kier molecular flexibility index (Phi) is 5.45. The zero-order chi connectivity index (χ0) is 21.4. The van der Waals surface area contributed by atoms with Crippen LogP contribution in [-0.2, 0) is 11.2 Å². The minimum Gasteiger partial charge on any atom is -0.481 e. The molecule has 1 saturated carbocycles. The largest absolute Gasteiger partial charge is 0.481 e. The zero-order valence-corrected chi connectivity index (χ0v) is 17.5. The molecule has 7 heteroatoms. The molecule has 2 heterocycles. The van der Waals surface area contributed by atoms with Crippen LogP contribution in [-0.4, -0.2) is 33.0 Å². The van der Waals surface area contributed by atoms with Crippen molar-refractivity contribution in [3.8, 4) is 0 Å². The Morgan fingerprint density at radius 2 is 1.83 bits per heavy atom. The summed E-state index contributed by atoms with van der Waals surface area (Å²) in [5.41, 5.74) is 9.29. The van der Waals surface area contributed by atoms with Crippen molar-refractivity contribution in [2.45, 2.75) is 64.3 Å². The molecule has 7 nitrogen and oxygen atoms in total. The predicted molar refractivity (Wildman–Crippen MR) is 115 cm³/mol. The highest BCUT2D eigenvalue weighted by molar-refractivity contribution is 6.11. The number of carbonyl (C=O) groups is 2. The normalized spacial score (nSPS) is 23.9. The molecule has 2 aliphatic rings. The van der Waals surface area contributed by atoms with E-state index < -0.39 is 5.97 Å². The van der Waals surface area contributed by atoms with Gasteiger partial charge in [0.2, 0.25) is 0 Å². The van der Waals surface area contributed by atoms with E-state index in [4.69, 9.17) is 10.8 Å². The van der Waals surface area contributed by atoms with Crippen molar-refractivity contribution in [2.75, 3.05) is 10.6 Å². The smallest absolute Gasteiger partial charge is 0.303 e. The Morgan fingerprint density at radius 3 is 2.47 bits per heavy atom. The molecule has 1 amide bonds. The Bertz CT molecular complexity index is 965. The van der Waals surface area contributed by atoms with E-state index in [0.717, 1.165) is 37.1 Å². The fourth-order valence-corrected chi connectivity index (χ4v) is 4.95. The van der Waals surface area contributed by atoms with E-state index in [2.05, 4.69) is 22.1 Å². The van der Waals surface area contributed by atoms with Gasteiger partial charge in [-0.25, -0.2) is 9.97 Å². The summed E-state index contributed by atoms with van der Waals surface area (Å²) in [6.45, 7) is 3.80. The molecule has 4 rings (SSSR count). The second-order valence-electron chi connectivity index (χ2n) is 8.61. The molecule has 2 aromatic rings. The number of benzene rings is 1. The van der Waals surface area contributed by atoms with Gasteiger partial charge in [0.05, 0.1) is 5.69 Å². The number of anilines is 2. The second-order valence-corrected chi connectivity index (χ2v) is 8.61. The van der Waals surface area contributed by atoms with Crippen LogP contribution in [0.4, 0.5) is 11.5 Å². The Hall–Kier alpha value is -2.96. The number of nitrogen functional groups attached to an aromatic ring is 1. The first kappa shape index (κ1) is 20.3. The number of aryl methyl sites for hydroxylation is 1. The van der Waals surface area contributed by atoms with Gasteiger partial charge in [0, 0.05) is 24.6 Å². The summed E-state index contributed by atoms with van der Waals surface area (Å²) in [7, 11) is 0. The number of carboxylic acids is 1. The van der Waals surface area contributed by atoms with Gasteiger partial charge in [0.15, 0.2) is 0 Å². The predicted octanol–water partition coefficient (Wildman–Crippen LogP) is 3.71. The maximum absolute atomic E-state index is 13.2. The number of fused-ring (bicyclic) bond motifs is 1. The van der Waals surface area contributed by atoms with Crippen LogP contribution in [0, 0.1) is 12.8 Å². The van der Waals surface area contributed by atoms with Gasteiger partial charge in [-0.1, -0.05) is 12.1 Å². The third kappa shape index (κ3) is 3.88. The number of nitrogens with zero attached hydrogens (tertiary/aromatic N) is 3. The maximum Gasteiger partial charge on any atom is 0.303 e. The molecular formula is C23H28N4O3. The van der Waals surface area contributed by atoms with E-state index in [1.165, 1.54) is 5.56 Å². The van der Waals surface area contributed by atoms with Gasteiger partial charge in [-0.3, -0.25) is 9.59 Å². The SMILES string of the molecule is Cc1nc(N)c2c(n1)CC(C)N(c1ccc(C3CCC(CC(=O)O)CC3)cc1)C2=O. The van der Waals surface area contributed by atoms with Crippen LogP contribution in [0.25, 0.3) is 0 Å². The molecule has 30 heavy (non-hydrogen) atoms. The van der Waals surface area contributed by atoms with E-state index in [1.54, 1.807) is 11.8 Å². The fourth-order valence-electron chi connectivity index (χ4n) is 4.95. The van der Waals surface area contributed by atoms with Crippen molar-refractivity contribution in [2.24, 2.45) is 5.92 Å². The fraction of sp³-hybridized carbons (Fsp3) is 0.478. The van der Waals surface area contributed by atoms with Crippen molar-refractivity contribution >= 4 is 23.4 Å². The lowest BCUT2D eigenvalue weighted by molar-refractivity contribution is -0.138. The van der Waals surface area contributed by atoms with Crippen LogP contribution in [0.15, 0.2) is 24.3 Å². The first-order valence-corrected chi connectivity index (χ1v) is 10.6. The van der Waals surface area contributed by atoms with Crippen LogP contribution in [0.5, 0.6) is 0 Å². The van der Waals surface area contributed by atoms with Crippen LogP contribution in [0.2, 0.25) is 0 Å². The van der Waals surface area contributed by atoms with Gasteiger partial charge >= 0.3 is 5.97 Å². The topological polar surface area (TPSA) is 109 Å². The number of hydrogen-bond acceptors (Lipinski definition) is 5. The van der Waals surface area contributed by atoms with Crippen molar-refractivity contribution in [1.82, 2.24) is 9.97 Å². The van der Waals surface area contributed by atoms with Crippen LogP contribution >= 0.6 is 0 Å². The number of aromatic nitrogens is 2. The van der Waals surface area contributed by atoms with E-state index in [-0.39, 0.29) is 24.2 Å². The highest BCUT2D eigenvalue weighted by Crippen LogP contribution is 2.38. The van der Waals surface area contributed by atoms with Gasteiger partial charge in [-0.2, -0.15) is 0 Å². The van der Waals surface area contributed by atoms with Crippen LogP contribution in [0.1, 0.15) is 72.4 Å². The maximum atomic E-state index is 13.2. The molecule has 1 aromatic heterocycles. The highest BCUT2D eigenvalue weighted by atomic mass is 16.4. The Morgan fingerprint density at radius 1 is 1.17 bits per heavy atom. The number of aliphatic carboxylic acids is 1. The third-order valence-corrected chi connectivity index (χ3v) is 6.44. The van der Waals surface area contributed by atoms with Crippen molar-refractivity contribution in [3.63, 3.8) is 0 Å². The monoisotopic (exact) mass is 408 g/mol. The standard InChI is InChI=1S/C23H28N4O3/c1-13-11-19-21(22(24)26-14(2)25-19)23(30)27(13)18-9-7-17(8-10-18)16-5-3-15(4-6-16)12-20(28)29/h7-10,13,15-16H,3-6,11-12H2,1-2H3,(H,28,29)(H2,24,25,26).